The Kier molecular flexibility index (Phi) is 7.38. The average Bonchev–Trinajstić information content (AvgIpc) is 2.88. The van der Waals surface area contributed by atoms with Gasteiger partial charge >= 0.3 is 5.97 Å². The first kappa shape index (κ1) is 24.3. The van der Waals surface area contributed by atoms with Crippen LogP contribution in [0.2, 0.25) is 0 Å². The number of anilines is 1. The summed E-state index contributed by atoms with van der Waals surface area (Å²) in [7, 11) is 3.06. The maximum atomic E-state index is 13.3. The number of carbonyl (C=O) groups excluding carboxylic acids is 2. The van der Waals surface area contributed by atoms with E-state index >= 15 is 0 Å². The van der Waals surface area contributed by atoms with Crippen LogP contribution in [0.5, 0.6) is 11.5 Å². The maximum absolute atomic E-state index is 13.3. The lowest BCUT2D eigenvalue weighted by Crippen LogP contribution is -2.57. The summed E-state index contributed by atoms with van der Waals surface area (Å²) in [6.45, 7) is 4.35. The molecule has 35 heavy (non-hydrogen) atoms. The largest absolute Gasteiger partial charge is 0.497 e. The van der Waals surface area contributed by atoms with Gasteiger partial charge in [0.2, 0.25) is 11.9 Å². The number of benzene rings is 2. The highest BCUT2D eigenvalue weighted by Crippen LogP contribution is 2.38. The van der Waals surface area contributed by atoms with Crippen LogP contribution in [0.3, 0.4) is 0 Å². The molecule has 0 spiro atoms. The molecule has 4 rings (SSSR count). The molecule has 0 aliphatic carbocycles. The summed E-state index contributed by atoms with van der Waals surface area (Å²) in [6, 6.07) is 10.7. The summed E-state index contributed by atoms with van der Waals surface area (Å²) >= 11 is 0. The number of guanidine groups is 1. The van der Waals surface area contributed by atoms with Gasteiger partial charge in [0.05, 0.1) is 20.8 Å². The minimum atomic E-state index is -1.15. The smallest absolute Gasteiger partial charge is 0.321 e. The number of hydrogen-bond donors (Lipinski definition) is 1. The summed E-state index contributed by atoms with van der Waals surface area (Å²) in [6.07, 6.45) is 0. The Labute approximate surface area is 203 Å². The second-order valence-electron chi connectivity index (χ2n) is 8.17. The van der Waals surface area contributed by atoms with Gasteiger partial charge in [0.25, 0.3) is 0 Å². The molecular formula is C25H29FN4O5. The predicted molar refractivity (Wildman–Crippen MR) is 128 cm³/mol. The molecule has 2 heterocycles. The maximum Gasteiger partial charge on any atom is 0.321 e. The van der Waals surface area contributed by atoms with Gasteiger partial charge in [-0.05, 0) is 43.3 Å². The SMILES string of the molecule is CCOC(=O)[C@@H]1C(=O)NC(N2CCN(c3ccc(F)cc3)CC2)=N[C@@H]1c1ccc(OC)cc1OC. The van der Waals surface area contributed by atoms with Gasteiger partial charge in [-0.2, -0.15) is 0 Å². The van der Waals surface area contributed by atoms with Crippen LogP contribution in [0.15, 0.2) is 47.5 Å². The number of nitrogens with one attached hydrogen (secondary N) is 1. The fourth-order valence-electron chi connectivity index (χ4n) is 4.34. The molecule has 2 aromatic carbocycles. The summed E-state index contributed by atoms with van der Waals surface area (Å²) in [5.41, 5.74) is 1.52. The third-order valence-electron chi connectivity index (χ3n) is 6.17. The number of carbonyl (C=O) groups is 2. The minimum Gasteiger partial charge on any atom is -0.497 e. The highest BCUT2D eigenvalue weighted by molar-refractivity contribution is 6.08. The van der Waals surface area contributed by atoms with Crippen molar-refractivity contribution in [2.45, 2.75) is 13.0 Å². The van der Waals surface area contributed by atoms with Gasteiger partial charge in [-0.25, -0.2) is 9.38 Å². The zero-order valence-electron chi connectivity index (χ0n) is 20.0. The second-order valence-corrected chi connectivity index (χ2v) is 8.17. The minimum absolute atomic E-state index is 0.150. The van der Waals surface area contributed by atoms with E-state index in [1.807, 2.05) is 4.90 Å². The monoisotopic (exact) mass is 484 g/mol. The molecule has 10 heteroatoms. The molecule has 0 radical (unpaired) electrons. The van der Waals surface area contributed by atoms with E-state index in [-0.39, 0.29) is 12.4 Å². The zero-order chi connectivity index (χ0) is 24.9. The topological polar surface area (TPSA) is 92.7 Å². The molecule has 2 atom stereocenters. The van der Waals surface area contributed by atoms with Crippen LogP contribution in [-0.4, -0.2) is 69.7 Å². The van der Waals surface area contributed by atoms with Crippen LogP contribution in [0.1, 0.15) is 18.5 Å². The molecule has 2 aliphatic heterocycles. The van der Waals surface area contributed by atoms with Crippen molar-refractivity contribution in [1.29, 1.82) is 0 Å². The molecule has 1 amide bonds. The summed E-state index contributed by atoms with van der Waals surface area (Å²) in [5, 5.41) is 2.80. The molecule has 0 saturated carbocycles. The highest BCUT2D eigenvalue weighted by Gasteiger charge is 2.43. The Morgan fingerprint density at radius 2 is 1.74 bits per heavy atom. The van der Waals surface area contributed by atoms with Crippen molar-refractivity contribution < 1.29 is 28.2 Å². The average molecular weight is 485 g/mol. The summed E-state index contributed by atoms with van der Waals surface area (Å²) < 4.78 is 29.3. The number of methoxy groups -OCH3 is 2. The number of halogens is 1. The first-order chi connectivity index (χ1) is 16.9. The van der Waals surface area contributed by atoms with Crippen molar-refractivity contribution in [3.05, 3.63) is 53.8 Å². The summed E-state index contributed by atoms with van der Waals surface area (Å²) in [5.74, 6) is -1.10. The quantitative estimate of drug-likeness (QED) is 0.497. The lowest BCUT2D eigenvalue weighted by atomic mass is 9.90. The van der Waals surface area contributed by atoms with E-state index in [9.17, 15) is 14.0 Å². The molecule has 1 fully saturated rings. The molecule has 0 unspecified atom stereocenters. The molecule has 186 valence electrons. The molecule has 9 nitrogen and oxygen atoms in total. The Bertz CT molecular complexity index is 1100. The van der Waals surface area contributed by atoms with Crippen LogP contribution in [0, 0.1) is 11.7 Å². The van der Waals surface area contributed by atoms with E-state index < -0.39 is 23.8 Å². The Morgan fingerprint density at radius 3 is 2.37 bits per heavy atom. The van der Waals surface area contributed by atoms with Gasteiger partial charge in [-0.3, -0.25) is 14.9 Å². The zero-order valence-corrected chi connectivity index (χ0v) is 20.0. The first-order valence-electron chi connectivity index (χ1n) is 11.5. The fraction of sp³-hybridized carbons (Fsp3) is 0.400. The normalized spacial score (nSPS) is 20.1. The van der Waals surface area contributed by atoms with Crippen LogP contribution >= 0.6 is 0 Å². The second kappa shape index (κ2) is 10.6. The number of esters is 1. The third-order valence-corrected chi connectivity index (χ3v) is 6.17. The van der Waals surface area contributed by atoms with Crippen LogP contribution in [0.25, 0.3) is 0 Å². The lowest BCUT2D eigenvalue weighted by Gasteiger charge is -2.39. The van der Waals surface area contributed by atoms with E-state index in [0.717, 1.165) is 5.69 Å². The molecule has 0 aromatic heterocycles. The van der Waals surface area contributed by atoms with E-state index in [1.54, 1.807) is 44.4 Å². The Hall–Kier alpha value is -3.82. The highest BCUT2D eigenvalue weighted by atomic mass is 19.1. The van der Waals surface area contributed by atoms with Crippen LogP contribution in [-0.2, 0) is 14.3 Å². The van der Waals surface area contributed by atoms with Crippen LogP contribution < -0.4 is 19.7 Å². The molecule has 0 bridgehead atoms. The van der Waals surface area contributed by atoms with Gasteiger partial charge in [0.15, 0.2) is 5.92 Å². The lowest BCUT2D eigenvalue weighted by molar-refractivity contribution is -0.153. The van der Waals surface area contributed by atoms with Crippen molar-refractivity contribution in [2.75, 3.05) is 51.9 Å². The number of amides is 1. The van der Waals surface area contributed by atoms with Crippen molar-refractivity contribution in [1.82, 2.24) is 10.2 Å². The van der Waals surface area contributed by atoms with Crippen LogP contribution in [0.4, 0.5) is 10.1 Å². The van der Waals surface area contributed by atoms with Gasteiger partial charge in [-0.1, -0.05) is 0 Å². The Balaban J connectivity index is 1.61. The van der Waals surface area contributed by atoms with Gasteiger partial charge < -0.3 is 24.0 Å². The molecular weight excluding hydrogens is 455 g/mol. The van der Waals surface area contributed by atoms with Gasteiger partial charge in [0, 0.05) is 43.5 Å². The fourth-order valence-corrected chi connectivity index (χ4v) is 4.34. The third kappa shape index (κ3) is 5.16. The van der Waals surface area contributed by atoms with Crippen molar-refractivity contribution in [2.24, 2.45) is 10.9 Å². The number of rotatable bonds is 6. The number of aliphatic imine (C=N–C) groups is 1. The molecule has 1 saturated heterocycles. The van der Waals surface area contributed by atoms with E-state index in [4.69, 9.17) is 19.2 Å². The number of piperazine rings is 1. The van der Waals surface area contributed by atoms with Gasteiger partial charge in [0.1, 0.15) is 23.4 Å². The standard InChI is InChI=1S/C25H29FN4O5/c1-4-35-24(32)21-22(19-10-9-18(33-2)15-20(19)34-3)27-25(28-23(21)31)30-13-11-29(12-14-30)17-7-5-16(26)6-8-17/h5-10,15,21-22H,4,11-14H2,1-3H3,(H,27,28,31)/t21-,22+/m0/s1. The van der Waals surface area contributed by atoms with E-state index in [2.05, 4.69) is 10.2 Å². The first-order valence-corrected chi connectivity index (χ1v) is 11.5. The van der Waals surface area contributed by atoms with Gasteiger partial charge in [-0.15, -0.1) is 0 Å². The summed E-state index contributed by atoms with van der Waals surface area (Å²) in [4.78, 5) is 34.8. The van der Waals surface area contributed by atoms with Crippen molar-refractivity contribution >= 4 is 23.5 Å². The number of hydrogen-bond acceptors (Lipinski definition) is 8. The Morgan fingerprint density at radius 1 is 1.06 bits per heavy atom. The molecule has 2 aliphatic rings. The van der Waals surface area contributed by atoms with E-state index in [1.165, 1.54) is 19.2 Å². The predicted octanol–water partition coefficient (Wildman–Crippen LogP) is 2.37. The number of nitrogens with zero attached hydrogens (tertiary/aromatic N) is 3. The molecule has 2 aromatic rings. The molecule has 1 N–H and O–H groups in total. The van der Waals surface area contributed by atoms with E-state index in [0.29, 0.717) is 49.2 Å². The number of ether oxygens (including phenoxy) is 3. The van der Waals surface area contributed by atoms with Crippen molar-refractivity contribution in [3.63, 3.8) is 0 Å². The van der Waals surface area contributed by atoms with Crippen molar-refractivity contribution in [3.8, 4) is 11.5 Å².